The van der Waals surface area contributed by atoms with Gasteiger partial charge in [-0.25, -0.2) is 8.78 Å². The van der Waals surface area contributed by atoms with E-state index in [1.165, 1.54) is 12.1 Å². The van der Waals surface area contributed by atoms with Gasteiger partial charge in [0, 0.05) is 11.4 Å². The van der Waals surface area contributed by atoms with Crippen LogP contribution in [-0.2, 0) is 6.11 Å². The maximum absolute atomic E-state index is 14.3. The van der Waals surface area contributed by atoms with Crippen LogP contribution in [-0.4, -0.2) is 0 Å². The van der Waals surface area contributed by atoms with Crippen molar-refractivity contribution < 1.29 is 22.3 Å². The van der Waals surface area contributed by atoms with Gasteiger partial charge in [-0.2, -0.15) is 8.78 Å². The van der Waals surface area contributed by atoms with Gasteiger partial charge in [0.05, 0.1) is 5.56 Å². The van der Waals surface area contributed by atoms with E-state index in [-0.39, 0.29) is 10.9 Å². The van der Waals surface area contributed by atoms with Gasteiger partial charge in [0.2, 0.25) is 0 Å². The number of rotatable bonds is 4. The topological polar surface area (TPSA) is 9.23 Å². The number of hydrogen-bond donors (Lipinski definition) is 0. The van der Waals surface area contributed by atoms with Gasteiger partial charge in [0.25, 0.3) is 0 Å². The molecule has 1 atom stereocenters. The maximum Gasteiger partial charge on any atom is 0.426 e. The fraction of sp³-hybridized carbons (Fsp3) is 0.100. The van der Waals surface area contributed by atoms with Crippen molar-refractivity contribution in [1.82, 2.24) is 0 Å². The Hall–Kier alpha value is -2.39. The monoisotopic (exact) mass is 378 g/mol. The lowest BCUT2D eigenvalue weighted by Crippen LogP contribution is -2.22. The van der Waals surface area contributed by atoms with Crippen LogP contribution in [0.1, 0.15) is 11.1 Å². The Labute approximate surface area is 150 Å². The largest absolute Gasteiger partial charge is 0.429 e. The van der Waals surface area contributed by atoms with Crippen molar-refractivity contribution in [3.63, 3.8) is 0 Å². The highest BCUT2D eigenvalue weighted by Crippen LogP contribution is 2.33. The Morgan fingerprint density at radius 3 is 1.92 bits per heavy atom. The van der Waals surface area contributed by atoms with Crippen molar-refractivity contribution in [3.8, 4) is 16.9 Å². The maximum atomic E-state index is 14.3. The highest BCUT2D eigenvalue weighted by atomic mass is 31.0. The van der Waals surface area contributed by atoms with Crippen molar-refractivity contribution in [1.29, 1.82) is 0 Å². The summed E-state index contributed by atoms with van der Waals surface area (Å²) in [4.78, 5) is 0. The standard InChI is InChI=1S/C20H15F4OP/c1-12-2-4-13(5-3-12)14-6-8-15(9-7-14)20(23,24)25-16-10-17(21)19(22)18(26)11-16/h2-11H,26H2,1H3. The average Bonchev–Trinajstić information content (AvgIpc) is 2.60. The fourth-order valence-corrected chi connectivity index (χ4v) is 2.76. The van der Waals surface area contributed by atoms with E-state index in [2.05, 4.69) is 4.74 Å². The number of benzene rings is 3. The first-order valence-electron chi connectivity index (χ1n) is 7.75. The van der Waals surface area contributed by atoms with Crippen LogP contribution in [0.2, 0.25) is 0 Å². The minimum absolute atomic E-state index is 0.189. The number of alkyl halides is 2. The van der Waals surface area contributed by atoms with Gasteiger partial charge in [0.1, 0.15) is 5.75 Å². The molecular formula is C20H15F4OP. The van der Waals surface area contributed by atoms with Gasteiger partial charge >= 0.3 is 6.11 Å². The van der Waals surface area contributed by atoms with E-state index in [0.717, 1.165) is 22.8 Å². The zero-order valence-electron chi connectivity index (χ0n) is 13.8. The Morgan fingerprint density at radius 2 is 1.38 bits per heavy atom. The molecule has 3 aromatic rings. The minimum Gasteiger partial charge on any atom is -0.429 e. The van der Waals surface area contributed by atoms with E-state index in [9.17, 15) is 17.6 Å². The summed E-state index contributed by atoms with van der Waals surface area (Å²) < 4.78 is 59.9. The van der Waals surface area contributed by atoms with E-state index in [1.807, 2.05) is 40.4 Å². The first kappa shape index (κ1) is 18.4. The second-order valence-electron chi connectivity index (χ2n) is 5.87. The second kappa shape index (κ2) is 7.08. The molecule has 0 amide bonds. The van der Waals surface area contributed by atoms with Crippen LogP contribution < -0.4 is 10.0 Å². The molecule has 26 heavy (non-hydrogen) atoms. The van der Waals surface area contributed by atoms with Gasteiger partial charge in [-0.1, -0.05) is 42.0 Å². The molecule has 0 aromatic heterocycles. The summed E-state index contributed by atoms with van der Waals surface area (Å²) in [5.74, 6) is -2.83. The van der Waals surface area contributed by atoms with Gasteiger partial charge in [-0.3, -0.25) is 0 Å². The molecule has 0 aliphatic rings. The molecule has 0 radical (unpaired) electrons. The lowest BCUT2D eigenvalue weighted by Gasteiger charge is -2.19. The van der Waals surface area contributed by atoms with Crippen molar-refractivity contribution in [3.05, 3.63) is 83.4 Å². The summed E-state index contributed by atoms with van der Waals surface area (Å²) in [6.07, 6.45) is -3.69. The van der Waals surface area contributed by atoms with Gasteiger partial charge < -0.3 is 4.74 Å². The number of hydrogen-bond acceptors (Lipinski definition) is 1. The molecule has 1 nitrogen and oxygen atoms in total. The molecule has 0 aliphatic carbocycles. The molecule has 3 aromatic carbocycles. The predicted octanol–water partition coefficient (Wildman–Crippen LogP) is 5.57. The van der Waals surface area contributed by atoms with Crippen LogP contribution in [0.5, 0.6) is 5.75 Å². The van der Waals surface area contributed by atoms with Gasteiger partial charge in [0.15, 0.2) is 11.6 Å². The lowest BCUT2D eigenvalue weighted by molar-refractivity contribution is -0.185. The summed E-state index contributed by atoms with van der Waals surface area (Å²) in [7, 11) is 1.94. The third-order valence-corrected chi connectivity index (χ3v) is 4.30. The molecule has 0 heterocycles. The summed E-state index contributed by atoms with van der Waals surface area (Å²) >= 11 is 0. The summed E-state index contributed by atoms with van der Waals surface area (Å²) in [5, 5.41) is -0.189. The van der Waals surface area contributed by atoms with Crippen LogP contribution in [0.25, 0.3) is 11.1 Å². The van der Waals surface area contributed by atoms with Crippen LogP contribution in [0.4, 0.5) is 17.6 Å². The van der Waals surface area contributed by atoms with E-state index >= 15 is 0 Å². The number of aryl methyl sites for hydroxylation is 1. The Kier molecular flexibility index (Phi) is 5.01. The molecule has 1 unspecified atom stereocenters. The van der Waals surface area contributed by atoms with E-state index in [1.54, 1.807) is 12.1 Å². The molecule has 0 bridgehead atoms. The normalized spacial score (nSPS) is 11.5. The van der Waals surface area contributed by atoms with Crippen LogP contribution in [0.3, 0.4) is 0 Å². The van der Waals surface area contributed by atoms with Crippen LogP contribution in [0.15, 0.2) is 60.7 Å². The SMILES string of the molecule is Cc1ccc(-c2ccc(C(F)(F)Oc3cc(F)c(F)c(P)c3)cc2)cc1. The van der Waals surface area contributed by atoms with Crippen molar-refractivity contribution in [2.75, 3.05) is 0 Å². The molecule has 0 N–H and O–H groups in total. The molecular weight excluding hydrogens is 363 g/mol. The molecule has 0 aliphatic heterocycles. The highest BCUT2D eigenvalue weighted by Gasteiger charge is 2.35. The first-order chi connectivity index (χ1) is 12.3. The second-order valence-corrected chi connectivity index (χ2v) is 6.49. The van der Waals surface area contributed by atoms with E-state index < -0.39 is 23.5 Å². The van der Waals surface area contributed by atoms with Crippen LogP contribution in [0, 0.1) is 18.6 Å². The summed E-state index contributed by atoms with van der Waals surface area (Å²) in [6, 6.07) is 14.9. The van der Waals surface area contributed by atoms with E-state index in [4.69, 9.17) is 0 Å². The smallest absolute Gasteiger partial charge is 0.426 e. The fourth-order valence-electron chi connectivity index (χ4n) is 2.45. The summed E-state index contributed by atoms with van der Waals surface area (Å²) in [5.41, 5.74) is 2.40. The average molecular weight is 378 g/mol. The Morgan fingerprint density at radius 1 is 0.846 bits per heavy atom. The molecule has 0 saturated heterocycles. The molecule has 0 saturated carbocycles. The van der Waals surface area contributed by atoms with Gasteiger partial charge in [-0.15, -0.1) is 9.24 Å². The van der Waals surface area contributed by atoms with Gasteiger partial charge in [-0.05, 0) is 36.2 Å². The molecule has 0 fully saturated rings. The molecule has 0 spiro atoms. The zero-order valence-corrected chi connectivity index (χ0v) is 14.9. The third kappa shape index (κ3) is 3.88. The lowest BCUT2D eigenvalue weighted by atomic mass is 10.0. The summed E-state index contributed by atoms with van der Waals surface area (Å²) in [6.45, 7) is 1.96. The van der Waals surface area contributed by atoms with Crippen LogP contribution >= 0.6 is 9.24 Å². The first-order valence-corrected chi connectivity index (χ1v) is 8.33. The predicted molar refractivity (Wildman–Crippen MR) is 96.8 cm³/mol. The zero-order chi connectivity index (χ0) is 18.9. The quantitative estimate of drug-likeness (QED) is 0.426. The minimum atomic E-state index is -3.69. The Balaban J connectivity index is 1.84. The van der Waals surface area contributed by atoms with Crippen molar-refractivity contribution in [2.24, 2.45) is 0 Å². The molecule has 6 heteroatoms. The number of halogens is 4. The third-order valence-electron chi connectivity index (χ3n) is 3.88. The number of ether oxygens (including phenoxy) is 1. The van der Waals surface area contributed by atoms with Crippen molar-refractivity contribution >= 4 is 14.5 Å². The molecule has 3 rings (SSSR count). The van der Waals surface area contributed by atoms with Crippen molar-refractivity contribution in [2.45, 2.75) is 13.0 Å². The molecule has 134 valence electrons. The van der Waals surface area contributed by atoms with E-state index in [0.29, 0.717) is 6.07 Å². The Bertz CT molecular complexity index is 899. The highest BCUT2D eigenvalue weighted by molar-refractivity contribution is 7.27.